The Morgan fingerprint density at radius 1 is 1.29 bits per heavy atom. The lowest BCUT2D eigenvalue weighted by Gasteiger charge is -2.20. The van der Waals surface area contributed by atoms with Crippen LogP contribution in [0, 0.1) is 0 Å². The lowest BCUT2D eigenvalue weighted by atomic mass is 9.95. The van der Waals surface area contributed by atoms with Gasteiger partial charge in [-0.25, -0.2) is 15.4 Å². The molecule has 1 atom stereocenters. The first-order valence-electron chi connectivity index (χ1n) is 7.23. The number of hydrogen-bond donors (Lipinski definition) is 6. The van der Waals surface area contributed by atoms with E-state index in [2.05, 4.69) is 15.7 Å². The molecule has 0 aromatic rings. The first-order chi connectivity index (χ1) is 11.3. The minimum absolute atomic E-state index is 0.0857. The van der Waals surface area contributed by atoms with Gasteiger partial charge in [0.15, 0.2) is 0 Å². The third-order valence-electron chi connectivity index (χ3n) is 3.31. The molecule has 0 aromatic heterocycles. The highest BCUT2D eigenvalue weighted by molar-refractivity contribution is 5.94. The molecule has 132 valence electrons. The summed E-state index contributed by atoms with van der Waals surface area (Å²) in [4.78, 5) is 38.0. The summed E-state index contributed by atoms with van der Waals surface area (Å²) >= 11 is 0. The zero-order chi connectivity index (χ0) is 18.1. The SMILES string of the molecule is NNC=NCCCC(N)C(=O)NC1C=C(C(=O)O)CC(C(=O)O)=C1. The number of aliphatic carboxylic acids is 2. The third kappa shape index (κ3) is 6.18. The molecule has 1 unspecified atom stereocenters. The molecule has 0 fully saturated rings. The number of amides is 1. The Kier molecular flexibility index (Phi) is 7.59. The number of hydrazine groups is 1. The molecule has 1 aliphatic rings. The lowest BCUT2D eigenvalue weighted by molar-refractivity contribution is -0.133. The number of nitrogens with two attached hydrogens (primary N) is 2. The molecule has 0 spiro atoms. The van der Waals surface area contributed by atoms with E-state index < -0.39 is 29.9 Å². The maximum Gasteiger partial charge on any atom is 0.331 e. The second-order valence-electron chi connectivity index (χ2n) is 5.16. The Hall–Kier alpha value is -2.72. The molecule has 0 aromatic carbocycles. The Bertz CT molecular complexity index is 554. The van der Waals surface area contributed by atoms with Gasteiger partial charge in [-0.15, -0.1) is 0 Å². The van der Waals surface area contributed by atoms with Gasteiger partial charge in [-0.05, 0) is 25.0 Å². The van der Waals surface area contributed by atoms with Gasteiger partial charge in [-0.1, -0.05) is 0 Å². The van der Waals surface area contributed by atoms with Gasteiger partial charge in [0.25, 0.3) is 0 Å². The molecule has 10 heteroatoms. The average Bonchev–Trinajstić information content (AvgIpc) is 2.53. The fourth-order valence-electron chi connectivity index (χ4n) is 2.10. The molecule has 0 radical (unpaired) electrons. The van der Waals surface area contributed by atoms with Gasteiger partial charge in [0.05, 0.1) is 18.4 Å². The monoisotopic (exact) mass is 339 g/mol. The summed E-state index contributed by atoms with van der Waals surface area (Å²) in [5, 5.41) is 20.6. The number of hydrogen-bond acceptors (Lipinski definition) is 6. The van der Waals surface area contributed by atoms with Gasteiger partial charge in [0.2, 0.25) is 5.91 Å². The van der Waals surface area contributed by atoms with Gasteiger partial charge in [0.1, 0.15) is 0 Å². The van der Waals surface area contributed by atoms with Crippen LogP contribution < -0.4 is 22.3 Å². The maximum atomic E-state index is 12.0. The molecule has 1 amide bonds. The largest absolute Gasteiger partial charge is 0.478 e. The van der Waals surface area contributed by atoms with E-state index in [0.717, 1.165) is 0 Å². The molecular weight excluding hydrogens is 318 g/mol. The van der Waals surface area contributed by atoms with Crippen LogP contribution in [0.1, 0.15) is 19.3 Å². The Balaban J connectivity index is 2.62. The van der Waals surface area contributed by atoms with E-state index in [1.165, 1.54) is 18.5 Å². The molecular formula is C14H21N5O5. The molecule has 1 aliphatic carbocycles. The average molecular weight is 339 g/mol. The maximum absolute atomic E-state index is 12.0. The molecule has 1 rings (SSSR count). The van der Waals surface area contributed by atoms with Crippen LogP contribution in [-0.2, 0) is 14.4 Å². The topological polar surface area (TPSA) is 180 Å². The highest BCUT2D eigenvalue weighted by Gasteiger charge is 2.24. The van der Waals surface area contributed by atoms with E-state index in [1.807, 2.05) is 0 Å². The van der Waals surface area contributed by atoms with Crippen LogP contribution in [-0.4, -0.2) is 53.0 Å². The van der Waals surface area contributed by atoms with Crippen molar-refractivity contribution in [1.82, 2.24) is 10.7 Å². The number of carbonyl (C=O) groups is 3. The molecule has 0 bridgehead atoms. The Morgan fingerprint density at radius 3 is 2.38 bits per heavy atom. The number of carbonyl (C=O) groups excluding carboxylic acids is 1. The van der Waals surface area contributed by atoms with Crippen LogP contribution in [0.15, 0.2) is 28.3 Å². The van der Waals surface area contributed by atoms with Crippen molar-refractivity contribution in [2.45, 2.75) is 31.3 Å². The second-order valence-corrected chi connectivity index (χ2v) is 5.16. The highest BCUT2D eigenvalue weighted by Crippen LogP contribution is 2.19. The normalized spacial score (nSPS) is 16.2. The third-order valence-corrected chi connectivity index (χ3v) is 3.31. The van der Waals surface area contributed by atoms with Gasteiger partial charge in [0, 0.05) is 24.1 Å². The van der Waals surface area contributed by atoms with E-state index in [0.29, 0.717) is 19.4 Å². The number of rotatable bonds is 9. The predicted octanol–water partition coefficient (Wildman–Crippen LogP) is -1.50. The quantitative estimate of drug-likeness (QED) is 0.0964. The summed E-state index contributed by atoms with van der Waals surface area (Å²) in [6, 6.07) is -1.63. The highest BCUT2D eigenvalue weighted by atomic mass is 16.4. The van der Waals surface area contributed by atoms with Crippen LogP contribution in [0.4, 0.5) is 0 Å². The molecule has 0 aliphatic heterocycles. The first-order valence-corrected chi connectivity index (χ1v) is 7.23. The van der Waals surface area contributed by atoms with Crippen molar-refractivity contribution in [3.05, 3.63) is 23.3 Å². The summed E-state index contributed by atoms with van der Waals surface area (Å²) in [7, 11) is 0. The number of aliphatic imine (C=N–C) groups is 1. The molecule has 10 nitrogen and oxygen atoms in total. The van der Waals surface area contributed by atoms with Crippen LogP contribution in [0.5, 0.6) is 0 Å². The van der Waals surface area contributed by atoms with E-state index in [-0.39, 0.29) is 17.6 Å². The summed E-state index contributed by atoms with van der Waals surface area (Å²) in [6.07, 6.45) is 4.66. The van der Waals surface area contributed by atoms with E-state index >= 15 is 0 Å². The minimum Gasteiger partial charge on any atom is -0.478 e. The summed E-state index contributed by atoms with van der Waals surface area (Å²) < 4.78 is 0. The van der Waals surface area contributed by atoms with Crippen molar-refractivity contribution in [2.24, 2.45) is 16.6 Å². The van der Waals surface area contributed by atoms with Crippen molar-refractivity contribution in [3.63, 3.8) is 0 Å². The lowest BCUT2D eigenvalue weighted by Crippen LogP contribution is -2.45. The second kappa shape index (κ2) is 9.43. The minimum atomic E-state index is -1.23. The smallest absolute Gasteiger partial charge is 0.331 e. The van der Waals surface area contributed by atoms with Crippen molar-refractivity contribution >= 4 is 24.2 Å². The van der Waals surface area contributed by atoms with E-state index in [4.69, 9.17) is 21.8 Å². The molecule has 0 saturated heterocycles. The Labute approximate surface area is 138 Å². The summed E-state index contributed by atoms with van der Waals surface area (Å²) in [5.74, 6) is 2.06. The van der Waals surface area contributed by atoms with Gasteiger partial charge in [-0.2, -0.15) is 0 Å². The predicted molar refractivity (Wildman–Crippen MR) is 85.9 cm³/mol. The number of nitrogens with one attached hydrogen (secondary N) is 2. The van der Waals surface area contributed by atoms with Crippen LogP contribution in [0.25, 0.3) is 0 Å². The van der Waals surface area contributed by atoms with Crippen LogP contribution in [0.3, 0.4) is 0 Å². The van der Waals surface area contributed by atoms with Crippen molar-refractivity contribution in [1.29, 1.82) is 0 Å². The summed E-state index contributed by atoms with van der Waals surface area (Å²) in [5.41, 5.74) is 7.84. The van der Waals surface area contributed by atoms with E-state index in [1.54, 1.807) is 0 Å². The van der Waals surface area contributed by atoms with Gasteiger partial charge >= 0.3 is 11.9 Å². The van der Waals surface area contributed by atoms with Crippen molar-refractivity contribution in [2.75, 3.05) is 6.54 Å². The van der Waals surface area contributed by atoms with Crippen LogP contribution in [0.2, 0.25) is 0 Å². The molecule has 0 saturated carbocycles. The van der Waals surface area contributed by atoms with Crippen LogP contribution >= 0.6 is 0 Å². The summed E-state index contributed by atoms with van der Waals surface area (Å²) in [6.45, 7) is 0.445. The molecule has 8 N–H and O–H groups in total. The zero-order valence-electron chi connectivity index (χ0n) is 12.9. The van der Waals surface area contributed by atoms with Gasteiger partial charge in [-0.3, -0.25) is 9.79 Å². The molecule has 0 heterocycles. The van der Waals surface area contributed by atoms with Gasteiger partial charge < -0.3 is 26.7 Å². The standard InChI is InChI=1S/C14H21N5O5/c15-11(2-1-3-17-7-18-16)12(20)19-10-5-8(13(21)22)4-9(6-10)14(23)24/h5-7,10-11H,1-4,15-16H2,(H,17,18)(H,19,20)(H,21,22)(H,23,24). The van der Waals surface area contributed by atoms with Crippen molar-refractivity contribution in [3.8, 4) is 0 Å². The zero-order valence-corrected chi connectivity index (χ0v) is 12.9. The number of nitrogens with zero attached hydrogens (tertiary/aromatic N) is 1. The number of carboxylic acid groups (broad SMARTS) is 2. The Morgan fingerprint density at radius 2 is 1.88 bits per heavy atom. The fourth-order valence-corrected chi connectivity index (χ4v) is 2.10. The van der Waals surface area contributed by atoms with E-state index in [9.17, 15) is 14.4 Å². The first kappa shape index (κ1) is 19.3. The fraction of sp³-hybridized carbons (Fsp3) is 0.429. The van der Waals surface area contributed by atoms with Crippen molar-refractivity contribution < 1.29 is 24.6 Å². The molecule has 24 heavy (non-hydrogen) atoms. The number of carboxylic acids is 2.